The predicted octanol–water partition coefficient (Wildman–Crippen LogP) is 1.10. The Morgan fingerprint density at radius 2 is 1.95 bits per heavy atom. The molecule has 0 aromatic heterocycles. The molecule has 0 unspecified atom stereocenters. The third kappa shape index (κ3) is 2.96. The SMILES string of the molecule is O=C1CC[C@H](c2ccc(C(=O)N3CCNC(=O)C3)cc2)C1. The van der Waals surface area contributed by atoms with E-state index in [4.69, 9.17) is 0 Å². The van der Waals surface area contributed by atoms with Gasteiger partial charge in [0.2, 0.25) is 5.91 Å². The Morgan fingerprint density at radius 3 is 2.57 bits per heavy atom. The summed E-state index contributed by atoms with van der Waals surface area (Å²) in [6.07, 6.45) is 2.17. The summed E-state index contributed by atoms with van der Waals surface area (Å²) >= 11 is 0. The molecule has 1 aromatic carbocycles. The number of hydrogen-bond donors (Lipinski definition) is 1. The zero-order valence-electron chi connectivity index (χ0n) is 11.8. The van der Waals surface area contributed by atoms with Crippen LogP contribution in [0.4, 0.5) is 0 Å². The molecular weight excluding hydrogens is 268 g/mol. The van der Waals surface area contributed by atoms with Crippen molar-refractivity contribution in [2.45, 2.75) is 25.2 Å². The fourth-order valence-electron chi connectivity index (χ4n) is 2.99. The van der Waals surface area contributed by atoms with E-state index in [0.29, 0.717) is 43.2 Å². The Hall–Kier alpha value is -2.17. The zero-order valence-corrected chi connectivity index (χ0v) is 11.8. The molecule has 2 fully saturated rings. The van der Waals surface area contributed by atoms with E-state index in [2.05, 4.69) is 5.32 Å². The molecule has 1 aliphatic heterocycles. The van der Waals surface area contributed by atoms with Crippen LogP contribution in [0.5, 0.6) is 0 Å². The van der Waals surface area contributed by atoms with Crippen LogP contribution in [0.25, 0.3) is 0 Å². The Labute approximate surface area is 123 Å². The van der Waals surface area contributed by atoms with Gasteiger partial charge < -0.3 is 10.2 Å². The lowest BCUT2D eigenvalue weighted by Crippen LogP contribution is -2.49. The van der Waals surface area contributed by atoms with Gasteiger partial charge in [0.1, 0.15) is 5.78 Å². The standard InChI is InChI=1S/C16H18N2O3/c19-14-6-5-13(9-14)11-1-3-12(4-2-11)16(21)18-8-7-17-15(20)10-18/h1-4,13H,5-10H2,(H,17,20)/t13-/m0/s1. The second kappa shape index (κ2) is 5.68. The van der Waals surface area contributed by atoms with Gasteiger partial charge >= 0.3 is 0 Å². The summed E-state index contributed by atoms with van der Waals surface area (Å²) in [5.41, 5.74) is 1.71. The van der Waals surface area contributed by atoms with Crippen LogP contribution in [0.2, 0.25) is 0 Å². The van der Waals surface area contributed by atoms with E-state index in [1.165, 1.54) is 0 Å². The molecule has 5 nitrogen and oxygen atoms in total. The minimum atomic E-state index is -0.115. The third-order valence-electron chi connectivity index (χ3n) is 4.20. The summed E-state index contributed by atoms with van der Waals surface area (Å²) < 4.78 is 0. The van der Waals surface area contributed by atoms with Crippen molar-refractivity contribution in [1.29, 1.82) is 0 Å². The van der Waals surface area contributed by atoms with Crippen LogP contribution in [0.15, 0.2) is 24.3 Å². The number of nitrogens with one attached hydrogen (secondary N) is 1. The monoisotopic (exact) mass is 286 g/mol. The van der Waals surface area contributed by atoms with Crippen molar-refractivity contribution in [3.05, 3.63) is 35.4 Å². The van der Waals surface area contributed by atoms with Gasteiger partial charge in [-0.15, -0.1) is 0 Å². The minimum absolute atomic E-state index is 0.112. The van der Waals surface area contributed by atoms with Crippen LogP contribution < -0.4 is 5.32 Å². The molecule has 110 valence electrons. The number of benzene rings is 1. The van der Waals surface area contributed by atoms with Gasteiger partial charge in [-0.05, 0) is 30.0 Å². The number of carbonyl (C=O) groups is 3. The summed E-state index contributed by atoms with van der Waals surface area (Å²) in [7, 11) is 0. The van der Waals surface area contributed by atoms with Gasteiger partial charge in [-0.2, -0.15) is 0 Å². The Kier molecular flexibility index (Phi) is 3.73. The number of nitrogens with zero attached hydrogens (tertiary/aromatic N) is 1. The Morgan fingerprint density at radius 1 is 1.19 bits per heavy atom. The molecule has 5 heteroatoms. The number of carbonyl (C=O) groups excluding carboxylic acids is 3. The summed E-state index contributed by atoms with van der Waals surface area (Å²) in [5, 5.41) is 2.70. The van der Waals surface area contributed by atoms with Gasteiger partial charge in [0.25, 0.3) is 5.91 Å². The van der Waals surface area contributed by atoms with Gasteiger partial charge in [0, 0.05) is 31.5 Å². The van der Waals surface area contributed by atoms with Crippen molar-refractivity contribution in [3.8, 4) is 0 Å². The van der Waals surface area contributed by atoms with Crippen molar-refractivity contribution in [3.63, 3.8) is 0 Å². The second-order valence-corrected chi connectivity index (χ2v) is 5.68. The van der Waals surface area contributed by atoms with Crippen LogP contribution in [0.1, 0.15) is 41.1 Å². The maximum atomic E-state index is 12.3. The highest BCUT2D eigenvalue weighted by Crippen LogP contribution is 2.32. The molecule has 0 radical (unpaired) electrons. The average molecular weight is 286 g/mol. The van der Waals surface area contributed by atoms with Crippen LogP contribution >= 0.6 is 0 Å². The molecular formula is C16H18N2O3. The molecule has 21 heavy (non-hydrogen) atoms. The van der Waals surface area contributed by atoms with Gasteiger partial charge in [-0.1, -0.05) is 12.1 Å². The topological polar surface area (TPSA) is 66.5 Å². The van der Waals surface area contributed by atoms with Gasteiger partial charge in [-0.25, -0.2) is 0 Å². The number of ketones is 1. The van der Waals surface area contributed by atoms with E-state index in [1.54, 1.807) is 17.0 Å². The van der Waals surface area contributed by atoms with Crippen LogP contribution in [0, 0.1) is 0 Å². The minimum Gasteiger partial charge on any atom is -0.353 e. The van der Waals surface area contributed by atoms with Crippen LogP contribution in [-0.4, -0.2) is 42.1 Å². The lowest BCUT2D eigenvalue weighted by atomic mass is 9.96. The lowest BCUT2D eigenvalue weighted by molar-refractivity contribution is -0.123. The molecule has 1 saturated heterocycles. The predicted molar refractivity (Wildman–Crippen MR) is 77.0 cm³/mol. The molecule has 1 atom stereocenters. The molecule has 2 aliphatic rings. The zero-order chi connectivity index (χ0) is 14.8. The first-order chi connectivity index (χ1) is 10.1. The molecule has 1 saturated carbocycles. The maximum absolute atomic E-state index is 12.3. The molecule has 1 N–H and O–H groups in total. The smallest absolute Gasteiger partial charge is 0.254 e. The lowest BCUT2D eigenvalue weighted by Gasteiger charge is -2.26. The molecule has 1 aliphatic carbocycles. The largest absolute Gasteiger partial charge is 0.353 e. The van der Waals surface area contributed by atoms with Crippen LogP contribution in [0.3, 0.4) is 0 Å². The van der Waals surface area contributed by atoms with Crippen molar-refractivity contribution < 1.29 is 14.4 Å². The van der Waals surface area contributed by atoms with Crippen LogP contribution in [-0.2, 0) is 9.59 Å². The number of piperazine rings is 1. The van der Waals surface area contributed by atoms with Crippen molar-refractivity contribution >= 4 is 17.6 Å². The molecule has 0 spiro atoms. The molecule has 0 bridgehead atoms. The maximum Gasteiger partial charge on any atom is 0.254 e. The van der Waals surface area contributed by atoms with E-state index in [0.717, 1.165) is 12.0 Å². The van der Waals surface area contributed by atoms with E-state index in [9.17, 15) is 14.4 Å². The summed E-state index contributed by atoms with van der Waals surface area (Å²) in [6, 6.07) is 7.46. The molecule has 1 heterocycles. The third-order valence-corrected chi connectivity index (χ3v) is 4.20. The van der Waals surface area contributed by atoms with Crippen molar-refractivity contribution in [2.75, 3.05) is 19.6 Å². The van der Waals surface area contributed by atoms with Crippen molar-refractivity contribution in [1.82, 2.24) is 10.2 Å². The summed E-state index contributed by atoms with van der Waals surface area (Å²) in [5.74, 6) is 0.386. The highest BCUT2D eigenvalue weighted by molar-refractivity contribution is 5.97. The van der Waals surface area contributed by atoms with Crippen molar-refractivity contribution in [2.24, 2.45) is 0 Å². The Bertz CT molecular complexity index is 580. The first-order valence-electron chi connectivity index (χ1n) is 7.31. The highest BCUT2D eigenvalue weighted by atomic mass is 16.2. The fourth-order valence-corrected chi connectivity index (χ4v) is 2.99. The fraction of sp³-hybridized carbons (Fsp3) is 0.438. The van der Waals surface area contributed by atoms with E-state index in [-0.39, 0.29) is 18.4 Å². The summed E-state index contributed by atoms with van der Waals surface area (Å²) in [6.45, 7) is 1.17. The molecule has 1 aromatic rings. The first-order valence-corrected chi connectivity index (χ1v) is 7.31. The van der Waals surface area contributed by atoms with E-state index >= 15 is 0 Å². The van der Waals surface area contributed by atoms with Gasteiger partial charge in [-0.3, -0.25) is 14.4 Å². The number of Topliss-reactive ketones (excluding diaryl/α,β-unsaturated/α-hetero) is 1. The highest BCUT2D eigenvalue weighted by Gasteiger charge is 2.25. The van der Waals surface area contributed by atoms with E-state index < -0.39 is 0 Å². The second-order valence-electron chi connectivity index (χ2n) is 5.68. The van der Waals surface area contributed by atoms with Gasteiger partial charge in [0.15, 0.2) is 0 Å². The van der Waals surface area contributed by atoms with Gasteiger partial charge in [0.05, 0.1) is 6.54 Å². The first kappa shape index (κ1) is 13.8. The Balaban J connectivity index is 1.70. The molecule has 3 rings (SSSR count). The normalized spacial score (nSPS) is 22.3. The van der Waals surface area contributed by atoms with E-state index in [1.807, 2.05) is 12.1 Å². The number of amides is 2. The number of rotatable bonds is 2. The summed E-state index contributed by atoms with van der Waals surface area (Å²) in [4.78, 5) is 36.6. The number of hydrogen-bond acceptors (Lipinski definition) is 3. The molecule has 2 amide bonds. The quantitative estimate of drug-likeness (QED) is 0.885. The average Bonchev–Trinajstić information content (AvgIpc) is 2.93.